The molecule has 0 spiro atoms. The molecule has 0 aromatic carbocycles. The van der Waals surface area contributed by atoms with Gasteiger partial charge in [-0.05, 0) is 38.4 Å². The van der Waals surface area contributed by atoms with Crippen molar-refractivity contribution in [2.24, 2.45) is 17.1 Å². The zero-order valence-corrected chi connectivity index (χ0v) is 9.17. The molecule has 2 N–H and O–H groups in total. The Kier molecular flexibility index (Phi) is 3.10. The zero-order chi connectivity index (χ0) is 10.0. The van der Waals surface area contributed by atoms with Crippen LogP contribution in [0.1, 0.15) is 19.8 Å². The van der Waals surface area contributed by atoms with Crippen molar-refractivity contribution in [2.75, 3.05) is 39.4 Å². The van der Waals surface area contributed by atoms with Crippen LogP contribution in [0.5, 0.6) is 0 Å². The van der Waals surface area contributed by atoms with Gasteiger partial charge in [-0.3, -0.25) is 0 Å². The summed E-state index contributed by atoms with van der Waals surface area (Å²) in [6, 6.07) is 0. The van der Waals surface area contributed by atoms with E-state index in [9.17, 15) is 0 Å². The first kappa shape index (κ1) is 10.4. The molecule has 2 fully saturated rings. The van der Waals surface area contributed by atoms with Gasteiger partial charge in [0.1, 0.15) is 0 Å². The molecule has 82 valence electrons. The topological polar surface area (TPSA) is 38.5 Å². The number of nitrogens with two attached hydrogens (primary N) is 1. The first-order chi connectivity index (χ1) is 6.72. The van der Waals surface area contributed by atoms with Crippen LogP contribution in [-0.4, -0.2) is 44.3 Å². The number of likely N-dealkylation sites (tertiary alicyclic amines) is 1. The van der Waals surface area contributed by atoms with Crippen molar-refractivity contribution in [1.29, 1.82) is 0 Å². The highest BCUT2D eigenvalue weighted by atomic mass is 16.5. The summed E-state index contributed by atoms with van der Waals surface area (Å²) in [4.78, 5) is 2.56. The smallest absolute Gasteiger partial charge is 0.0542 e. The second-order valence-corrected chi connectivity index (χ2v) is 5.24. The highest BCUT2D eigenvalue weighted by Crippen LogP contribution is 2.31. The van der Waals surface area contributed by atoms with Gasteiger partial charge in [0.15, 0.2) is 0 Å². The fourth-order valence-electron chi connectivity index (χ4n) is 2.33. The first-order valence-corrected chi connectivity index (χ1v) is 5.72. The Morgan fingerprint density at radius 3 is 2.79 bits per heavy atom. The molecule has 3 heteroatoms. The minimum atomic E-state index is 0.473. The van der Waals surface area contributed by atoms with Crippen LogP contribution in [-0.2, 0) is 4.74 Å². The highest BCUT2D eigenvalue weighted by molar-refractivity contribution is 4.83. The number of rotatable bonds is 4. The Hall–Kier alpha value is -0.120. The first-order valence-electron chi connectivity index (χ1n) is 5.72. The van der Waals surface area contributed by atoms with E-state index in [1.807, 2.05) is 0 Å². The molecule has 2 heterocycles. The van der Waals surface area contributed by atoms with Crippen LogP contribution in [0.3, 0.4) is 0 Å². The molecule has 14 heavy (non-hydrogen) atoms. The van der Waals surface area contributed by atoms with E-state index in [2.05, 4.69) is 11.8 Å². The predicted octanol–water partition coefficient (Wildman–Crippen LogP) is 0.694. The minimum Gasteiger partial charge on any atom is -0.380 e. The molecule has 0 aromatic rings. The van der Waals surface area contributed by atoms with Gasteiger partial charge in [-0.1, -0.05) is 6.92 Å². The fraction of sp³-hybridized carbons (Fsp3) is 1.00. The van der Waals surface area contributed by atoms with Gasteiger partial charge in [0.2, 0.25) is 0 Å². The minimum absolute atomic E-state index is 0.473. The van der Waals surface area contributed by atoms with Crippen LogP contribution in [0.15, 0.2) is 0 Å². The van der Waals surface area contributed by atoms with Crippen LogP contribution < -0.4 is 5.73 Å². The van der Waals surface area contributed by atoms with Gasteiger partial charge in [0, 0.05) is 12.0 Å². The summed E-state index contributed by atoms with van der Waals surface area (Å²) in [6.45, 7) is 8.80. The molecule has 2 aliphatic rings. The molecule has 0 amide bonds. The fourth-order valence-corrected chi connectivity index (χ4v) is 2.33. The van der Waals surface area contributed by atoms with Crippen molar-refractivity contribution in [3.05, 3.63) is 0 Å². The Balaban J connectivity index is 1.66. The molecule has 2 aliphatic heterocycles. The second-order valence-electron chi connectivity index (χ2n) is 5.24. The summed E-state index contributed by atoms with van der Waals surface area (Å²) >= 11 is 0. The molecule has 1 unspecified atom stereocenters. The van der Waals surface area contributed by atoms with E-state index < -0.39 is 0 Å². The van der Waals surface area contributed by atoms with E-state index in [1.165, 1.54) is 32.5 Å². The van der Waals surface area contributed by atoms with Crippen molar-refractivity contribution in [2.45, 2.75) is 19.8 Å². The molecule has 0 aliphatic carbocycles. The summed E-state index contributed by atoms with van der Waals surface area (Å²) in [5.41, 5.74) is 6.14. The Bertz CT molecular complexity index is 192. The third kappa shape index (κ3) is 2.27. The molecular formula is C11H22N2O. The monoisotopic (exact) mass is 198 g/mol. The van der Waals surface area contributed by atoms with Crippen molar-refractivity contribution in [3.8, 4) is 0 Å². The van der Waals surface area contributed by atoms with E-state index in [0.29, 0.717) is 5.41 Å². The molecular weight excluding hydrogens is 176 g/mol. The molecule has 2 saturated heterocycles. The summed E-state index contributed by atoms with van der Waals surface area (Å²) in [5, 5.41) is 0. The molecule has 1 atom stereocenters. The Labute approximate surface area is 86.6 Å². The summed E-state index contributed by atoms with van der Waals surface area (Å²) < 4.78 is 5.26. The Morgan fingerprint density at radius 1 is 1.50 bits per heavy atom. The third-order valence-electron chi connectivity index (χ3n) is 3.64. The number of hydrogen-bond donors (Lipinski definition) is 1. The van der Waals surface area contributed by atoms with E-state index in [-0.39, 0.29) is 0 Å². The van der Waals surface area contributed by atoms with Gasteiger partial charge in [0.05, 0.1) is 13.2 Å². The largest absolute Gasteiger partial charge is 0.380 e. The van der Waals surface area contributed by atoms with Gasteiger partial charge < -0.3 is 15.4 Å². The molecule has 2 rings (SSSR count). The molecule has 0 saturated carbocycles. The maximum atomic E-state index is 5.67. The van der Waals surface area contributed by atoms with E-state index >= 15 is 0 Å². The molecule has 0 radical (unpaired) electrons. The van der Waals surface area contributed by atoms with Gasteiger partial charge >= 0.3 is 0 Å². The second kappa shape index (κ2) is 4.17. The van der Waals surface area contributed by atoms with Gasteiger partial charge in [-0.2, -0.15) is 0 Å². The maximum absolute atomic E-state index is 5.67. The normalized spacial score (nSPS) is 31.7. The lowest BCUT2D eigenvalue weighted by Gasteiger charge is -2.39. The van der Waals surface area contributed by atoms with Crippen molar-refractivity contribution in [1.82, 2.24) is 4.90 Å². The average molecular weight is 198 g/mol. The van der Waals surface area contributed by atoms with E-state index in [1.54, 1.807) is 0 Å². The van der Waals surface area contributed by atoms with Crippen LogP contribution in [0.4, 0.5) is 0 Å². The molecule has 3 nitrogen and oxygen atoms in total. The van der Waals surface area contributed by atoms with Gasteiger partial charge in [-0.15, -0.1) is 0 Å². The van der Waals surface area contributed by atoms with Crippen LogP contribution >= 0.6 is 0 Å². The highest BCUT2D eigenvalue weighted by Gasteiger charge is 2.34. The average Bonchev–Trinajstić information content (AvgIpc) is 2.59. The van der Waals surface area contributed by atoms with E-state index in [0.717, 1.165) is 25.7 Å². The SMILES string of the molecule is CC1(CCN2CCC(CN)C2)COC1. The standard InChI is InChI=1S/C11H22N2O/c1-11(8-14-9-11)3-5-13-4-2-10(6-12)7-13/h10H,2-9,12H2,1H3. The van der Waals surface area contributed by atoms with E-state index in [4.69, 9.17) is 10.5 Å². The molecule has 0 aromatic heterocycles. The van der Waals surface area contributed by atoms with Crippen LogP contribution in [0.2, 0.25) is 0 Å². The van der Waals surface area contributed by atoms with Crippen LogP contribution in [0.25, 0.3) is 0 Å². The van der Waals surface area contributed by atoms with Crippen LogP contribution in [0, 0.1) is 11.3 Å². The maximum Gasteiger partial charge on any atom is 0.0542 e. The van der Waals surface area contributed by atoms with Crippen molar-refractivity contribution in [3.63, 3.8) is 0 Å². The van der Waals surface area contributed by atoms with Crippen molar-refractivity contribution < 1.29 is 4.74 Å². The zero-order valence-electron chi connectivity index (χ0n) is 9.17. The number of hydrogen-bond acceptors (Lipinski definition) is 3. The number of ether oxygens (including phenoxy) is 1. The predicted molar refractivity (Wildman–Crippen MR) is 57.1 cm³/mol. The van der Waals surface area contributed by atoms with Gasteiger partial charge in [-0.25, -0.2) is 0 Å². The quantitative estimate of drug-likeness (QED) is 0.722. The summed E-state index contributed by atoms with van der Waals surface area (Å²) in [7, 11) is 0. The molecule has 0 bridgehead atoms. The summed E-state index contributed by atoms with van der Waals surface area (Å²) in [6.07, 6.45) is 2.58. The Morgan fingerprint density at radius 2 is 2.29 bits per heavy atom. The lowest BCUT2D eigenvalue weighted by Crippen LogP contribution is -2.42. The van der Waals surface area contributed by atoms with Crippen molar-refractivity contribution >= 4 is 0 Å². The van der Waals surface area contributed by atoms with Gasteiger partial charge in [0.25, 0.3) is 0 Å². The lowest BCUT2D eigenvalue weighted by atomic mass is 9.85. The summed E-state index contributed by atoms with van der Waals surface area (Å²) in [5.74, 6) is 0.750. The lowest BCUT2D eigenvalue weighted by molar-refractivity contribution is -0.108. The number of nitrogens with zero attached hydrogens (tertiary/aromatic N) is 1. The third-order valence-corrected chi connectivity index (χ3v) is 3.64.